The maximum atomic E-state index is 3.67. The molecule has 0 aromatic heterocycles. The van der Waals surface area contributed by atoms with Crippen LogP contribution in [0.2, 0.25) is 0 Å². The van der Waals surface area contributed by atoms with Crippen molar-refractivity contribution >= 4 is 0 Å². The summed E-state index contributed by atoms with van der Waals surface area (Å²) in [6, 6.07) is 1.63. The molecule has 1 unspecified atom stereocenters. The van der Waals surface area contributed by atoms with Crippen molar-refractivity contribution in [2.45, 2.75) is 77.8 Å². The standard InChI is InChI=1S/C16H34N2/c1-5-7-14(3)13-18(4)16-10-8-15(9-11-16)17-12-6-2/h14-17H,5-13H2,1-4H3. The van der Waals surface area contributed by atoms with Crippen LogP contribution >= 0.6 is 0 Å². The first-order chi connectivity index (χ1) is 8.67. The Morgan fingerprint density at radius 3 is 2.33 bits per heavy atom. The average molecular weight is 254 g/mol. The minimum atomic E-state index is 0.794. The maximum absolute atomic E-state index is 3.67. The Hall–Kier alpha value is -0.0800. The van der Waals surface area contributed by atoms with Gasteiger partial charge in [0.15, 0.2) is 0 Å². The summed E-state index contributed by atoms with van der Waals surface area (Å²) in [5.41, 5.74) is 0. The zero-order valence-corrected chi connectivity index (χ0v) is 13.0. The molecule has 1 aliphatic rings. The van der Waals surface area contributed by atoms with Crippen molar-refractivity contribution in [3.05, 3.63) is 0 Å². The second-order valence-corrected chi connectivity index (χ2v) is 6.29. The molecule has 0 radical (unpaired) electrons. The number of rotatable bonds is 8. The molecule has 0 heterocycles. The Balaban J connectivity index is 2.20. The summed E-state index contributed by atoms with van der Waals surface area (Å²) in [7, 11) is 2.33. The van der Waals surface area contributed by atoms with Crippen LogP contribution in [0.1, 0.15) is 65.7 Å². The van der Waals surface area contributed by atoms with E-state index in [-0.39, 0.29) is 0 Å². The Kier molecular flexibility index (Phi) is 7.92. The third kappa shape index (κ3) is 5.71. The van der Waals surface area contributed by atoms with Gasteiger partial charge in [-0.3, -0.25) is 0 Å². The summed E-state index contributed by atoms with van der Waals surface area (Å²) in [6.07, 6.45) is 9.47. The average Bonchev–Trinajstić information content (AvgIpc) is 2.37. The Labute approximate surface area is 115 Å². The second-order valence-electron chi connectivity index (χ2n) is 6.29. The molecule has 1 saturated carbocycles. The fraction of sp³-hybridized carbons (Fsp3) is 1.00. The van der Waals surface area contributed by atoms with Crippen LogP contribution in [0.3, 0.4) is 0 Å². The topological polar surface area (TPSA) is 15.3 Å². The third-order valence-corrected chi connectivity index (χ3v) is 4.38. The molecule has 2 nitrogen and oxygen atoms in total. The van der Waals surface area contributed by atoms with Gasteiger partial charge in [-0.05, 0) is 58.0 Å². The predicted octanol–water partition coefficient (Wildman–Crippen LogP) is 3.67. The van der Waals surface area contributed by atoms with Crippen LogP contribution in [-0.4, -0.2) is 37.1 Å². The minimum absolute atomic E-state index is 0.794. The number of hydrogen-bond donors (Lipinski definition) is 1. The quantitative estimate of drug-likeness (QED) is 0.711. The molecule has 0 spiro atoms. The second kappa shape index (κ2) is 8.92. The van der Waals surface area contributed by atoms with Gasteiger partial charge in [-0.15, -0.1) is 0 Å². The van der Waals surface area contributed by atoms with Gasteiger partial charge in [0.1, 0.15) is 0 Å². The summed E-state index contributed by atoms with van der Waals surface area (Å²) >= 11 is 0. The van der Waals surface area contributed by atoms with E-state index in [0.717, 1.165) is 18.0 Å². The number of nitrogens with one attached hydrogen (secondary N) is 1. The van der Waals surface area contributed by atoms with Gasteiger partial charge in [0.2, 0.25) is 0 Å². The van der Waals surface area contributed by atoms with Gasteiger partial charge in [-0.25, -0.2) is 0 Å². The Bertz CT molecular complexity index is 197. The molecule has 0 bridgehead atoms. The van der Waals surface area contributed by atoms with Gasteiger partial charge in [0.05, 0.1) is 0 Å². The van der Waals surface area contributed by atoms with Gasteiger partial charge >= 0.3 is 0 Å². The van der Waals surface area contributed by atoms with Gasteiger partial charge in [0, 0.05) is 18.6 Å². The molecule has 0 aliphatic heterocycles. The molecule has 2 heteroatoms. The largest absolute Gasteiger partial charge is 0.314 e. The third-order valence-electron chi connectivity index (χ3n) is 4.38. The van der Waals surface area contributed by atoms with Crippen molar-refractivity contribution < 1.29 is 0 Å². The molecule has 1 fully saturated rings. The van der Waals surface area contributed by atoms with Gasteiger partial charge in [-0.2, -0.15) is 0 Å². The molecular formula is C16H34N2. The van der Waals surface area contributed by atoms with E-state index in [1.807, 2.05) is 0 Å². The van der Waals surface area contributed by atoms with E-state index < -0.39 is 0 Å². The molecule has 0 aromatic carbocycles. The highest BCUT2D eigenvalue weighted by Gasteiger charge is 2.23. The summed E-state index contributed by atoms with van der Waals surface area (Å²) in [4.78, 5) is 2.62. The Morgan fingerprint density at radius 1 is 1.11 bits per heavy atom. The predicted molar refractivity (Wildman–Crippen MR) is 81.0 cm³/mol. The van der Waals surface area contributed by atoms with Gasteiger partial charge in [0.25, 0.3) is 0 Å². The van der Waals surface area contributed by atoms with Crippen LogP contribution in [0.15, 0.2) is 0 Å². The van der Waals surface area contributed by atoms with Crippen LogP contribution in [0, 0.1) is 5.92 Å². The van der Waals surface area contributed by atoms with E-state index in [1.165, 1.54) is 58.0 Å². The van der Waals surface area contributed by atoms with E-state index >= 15 is 0 Å². The summed E-state index contributed by atoms with van der Waals surface area (Å²) in [5, 5.41) is 3.67. The van der Waals surface area contributed by atoms with Crippen molar-refractivity contribution in [3.8, 4) is 0 Å². The minimum Gasteiger partial charge on any atom is -0.314 e. The highest BCUT2D eigenvalue weighted by Crippen LogP contribution is 2.23. The normalized spacial score (nSPS) is 26.5. The number of nitrogens with zero attached hydrogens (tertiary/aromatic N) is 1. The van der Waals surface area contributed by atoms with Gasteiger partial charge in [-0.1, -0.05) is 27.2 Å². The molecule has 0 saturated heterocycles. The summed E-state index contributed by atoms with van der Waals surface area (Å²) in [5.74, 6) is 0.857. The van der Waals surface area contributed by atoms with Gasteiger partial charge < -0.3 is 10.2 Å². The molecule has 0 amide bonds. The van der Waals surface area contributed by atoms with Crippen molar-refractivity contribution in [3.63, 3.8) is 0 Å². The van der Waals surface area contributed by atoms with Crippen molar-refractivity contribution in [2.75, 3.05) is 20.1 Å². The lowest BCUT2D eigenvalue weighted by Gasteiger charge is -2.36. The monoisotopic (exact) mass is 254 g/mol. The fourth-order valence-corrected chi connectivity index (χ4v) is 3.29. The molecule has 18 heavy (non-hydrogen) atoms. The van der Waals surface area contributed by atoms with E-state index in [4.69, 9.17) is 0 Å². The highest BCUT2D eigenvalue weighted by atomic mass is 15.1. The lowest BCUT2D eigenvalue weighted by Crippen LogP contribution is -2.42. The van der Waals surface area contributed by atoms with E-state index in [9.17, 15) is 0 Å². The SMILES string of the molecule is CCCNC1CCC(N(C)CC(C)CCC)CC1. The molecule has 1 rings (SSSR count). The summed E-state index contributed by atoms with van der Waals surface area (Å²) < 4.78 is 0. The molecule has 108 valence electrons. The molecular weight excluding hydrogens is 220 g/mol. The van der Waals surface area contributed by atoms with Crippen LogP contribution in [0.25, 0.3) is 0 Å². The first-order valence-corrected chi connectivity index (χ1v) is 8.10. The Morgan fingerprint density at radius 2 is 1.78 bits per heavy atom. The van der Waals surface area contributed by atoms with Crippen molar-refractivity contribution in [1.29, 1.82) is 0 Å². The van der Waals surface area contributed by atoms with Crippen LogP contribution < -0.4 is 5.32 Å². The van der Waals surface area contributed by atoms with E-state index in [1.54, 1.807) is 0 Å². The lowest BCUT2D eigenvalue weighted by molar-refractivity contribution is 0.154. The smallest absolute Gasteiger partial charge is 0.00934 e. The van der Waals surface area contributed by atoms with Crippen LogP contribution in [0.4, 0.5) is 0 Å². The summed E-state index contributed by atoms with van der Waals surface area (Å²) in [6.45, 7) is 9.42. The van der Waals surface area contributed by atoms with Crippen molar-refractivity contribution in [2.24, 2.45) is 5.92 Å². The molecule has 1 atom stereocenters. The molecule has 1 aliphatic carbocycles. The zero-order chi connectivity index (χ0) is 13.4. The maximum Gasteiger partial charge on any atom is 0.00934 e. The first kappa shape index (κ1) is 16.0. The first-order valence-electron chi connectivity index (χ1n) is 8.10. The highest BCUT2D eigenvalue weighted by molar-refractivity contribution is 4.82. The zero-order valence-electron chi connectivity index (χ0n) is 13.0. The fourth-order valence-electron chi connectivity index (χ4n) is 3.29. The molecule has 0 aromatic rings. The number of hydrogen-bond acceptors (Lipinski definition) is 2. The van der Waals surface area contributed by atoms with Crippen LogP contribution in [-0.2, 0) is 0 Å². The van der Waals surface area contributed by atoms with Crippen molar-refractivity contribution in [1.82, 2.24) is 10.2 Å². The van der Waals surface area contributed by atoms with E-state index in [0.29, 0.717) is 0 Å². The van der Waals surface area contributed by atoms with E-state index in [2.05, 4.69) is 38.0 Å². The molecule has 1 N–H and O–H groups in total. The lowest BCUT2D eigenvalue weighted by atomic mass is 9.89. The van der Waals surface area contributed by atoms with Crippen LogP contribution in [0.5, 0.6) is 0 Å².